The van der Waals surface area contributed by atoms with Gasteiger partial charge >= 0.3 is 0 Å². The molecular formula is C13H19N3O3. The van der Waals surface area contributed by atoms with Crippen LogP contribution in [0.1, 0.15) is 26.2 Å². The van der Waals surface area contributed by atoms with Crippen molar-refractivity contribution in [1.82, 2.24) is 0 Å². The summed E-state index contributed by atoms with van der Waals surface area (Å²) in [5, 5.41) is 20.9. The number of hydrogen-bond donors (Lipinski definition) is 2. The van der Waals surface area contributed by atoms with E-state index in [0.717, 1.165) is 25.1 Å². The van der Waals surface area contributed by atoms with E-state index in [1.165, 1.54) is 12.1 Å². The summed E-state index contributed by atoms with van der Waals surface area (Å²) in [4.78, 5) is 12.5. The smallest absolute Gasteiger partial charge is 0.273 e. The molecule has 0 amide bonds. The molecule has 1 unspecified atom stereocenters. The number of nitrogen functional groups attached to an aromatic ring is 1. The summed E-state index contributed by atoms with van der Waals surface area (Å²) in [5.41, 5.74) is 6.21. The van der Waals surface area contributed by atoms with Gasteiger partial charge in [-0.25, -0.2) is 0 Å². The number of hydrogen-bond acceptors (Lipinski definition) is 5. The second-order valence-electron chi connectivity index (χ2n) is 5.38. The molecule has 6 nitrogen and oxygen atoms in total. The van der Waals surface area contributed by atoms with Crippen molar-refractivity contribution < 1.29 is 10.0 Å². The Balaban J connectivity index is 2.24. The lowest BCUT2D eigenvalue weighted by molar-refractivity contribution is -0.384. The van der Waals surface area contributed by atoms with Crippen molar-refractivity contribution in [1.29, 1.82) is 0 Å². The van der Waals surface area contributed by atoms with Gasteiger partial charge < -0.3 is 15.7 Å². The van der Waals surface area contributed by atoms with Crippen LogP contribution in [0.25, 0.3) is 0 Å². The standard InChI is InChI=1S/C13H19N3O3/c1-13(17)3-2-5-15(6-4-13)11-7-10(14)8-12(9-11)16(18)19/h7-9,17H,2-6,14H2,1H3. The van der Waals surface area contributed by atoms with Gasteiger partial charge in [0.25, 0.3) is 5.69 Å². The van der Waals surface area contributed by atoms with E-state index in [9.17, 15) is 15.2 Å². The molecule has 6 heteroatoms. The molecule has 0 aromatic heterocycles. The first kappa shape index (κ1) is 13.6. The molecule has 104 valence electrons. The lowest BCUT2D eigenvalue weighted by atomic mass is 9.98. The zero-order valence-electron chi connectivity index (χ0n) is 11.0. The molecule has 1 aliphatic rings. The zero-order valence-corrected chi connectivity index (χ0v) is 11.0. The van der Waals surface area contributed by atoms with Gasteiger partial charge in [-0.1, -0.05) is 0 Å². The normalized spacial score (nSPS) is 24.0. The summed E-state index contributed by atoms with van der Waals surface area (Å²) in [6.07, 6.45) is 2.25. The topological polar surface area (TPSA) is 92.6 Å². The highest BCUT2D eigenvalue weighted by Gasteiger charge is 2.25. The number of aliphatic hydroxyl groups is 1. The van der Waals surface area contributed by atoms with Crippen LogP contribution < -0.4 is 10.6 Å². The Labute approximate surface area is 112 Å². The number of nitrogens with two attached hydrogens (primary N) is 1. The van der Waals surface area contributed by atoms with Crippen LogP contribution in [0.5, 0.6) is 0 Å². The molecule has 1 saturated heterocycles. The second kappa shape index (κ2) is 5.05. The minimum absolute atomic E-state index is 0.00556. The highest BCUT2D eigenvalue weighted by atomic mass is 16.6. The first-order valence-corrected chi connectivity index (χ1v) is 6.40. The highest BCUT2D eigenvalue weighted by Crippen LogP contribution is 2.29. The molecule has 0 spiro atoms. The van der Waals surface area contributed by atoms with E-state index < -0.39 is 10.5 Å². The van der Waals surface area contributed by atoms with E-state index in [0.29, 0.717) is 18.7 Å². The monoisotopic (exact) mass is 265 g/mol. The maximum atomic E-state index is 10.9. The van der Waals surface area contributed by atoms with Gasteiger partial charge in [0, 0.05) is 36.6 Å². The van der Waals surface area contributed by atoms with E-state index in [-0.39, 0.29) is 5.69 Å². The molecule has 2 rings (SSSR count). The minimum Gasteiger partial charge on any atom is -0.398 e. The fraction of sp³-hybridized carbons (Fsp3) is 0.538. The summed E-state index contributed by atoms with van der Waals surface area (Å²) >= 11 is 0. The molecule has 1 atom stereocenters. The molecule has 1 aromatic carbocycles. The van der Waals surface area contributed by atoms with Crippen LogP contribution >= 0.6 is 0 Å². The number of nitrogens with zero attached hydrogens (tertiary/aromatic N) is 2. The van der Waals surface area contributed by atoms with Crippen LogP contribution in [-0.2, 0) is 0 Å². The fourth-order valence-corrected chi connectivity index (χ4v) is 2.43. The third-order valence-corrected chi connectivity index (χ3v) is 3.56. The van der Waals surface area contributed by atoms with Crippen LogP contribution in [-0.4, -0.2) is 28.7 Å². The van der Waals surface area contributed by atoms with Crippen LogP contribution in [0, 0.1) is 10.1 Å². The van der Waals surface area contributed by atoms with Crippen molar-refractivity contribution >= 4 is 17.1 Å². The predicted molar refractivity (Wildman–Crippen MR) is 74.2 cm³/mol. The Hall–Kier alpha value is -1.82. The van der Waals surface area contributed by atoms with Crippen molar-refractivity contribution in [3.8, 4) is 0 Å². The molecule has 0 radical (unpaired) electrons. The number of nitro benzene ring substituents is 1. The molecular weight excluding hydrogens is 246 g/mol. The quantitative estimate of drug-likeness (QED) is 0.484. The number of benzene rings is 1. The first-order chi connectivity index (χ1) is 8.87. The summed E-state index contributed by atoms with van der Waals surface area (Å²) in [6.45, 7) is 3.28. The Kier molecular flexibility index (Phi) is 3.61. The van der Waals surface area contributed by atoms with E-state index in [1.807, 2.05) is 11.8 Å². The van der Waals surface area contributed by atoms with Crippen LogP contribution in [0.15, 0.2) is 18.2 Å². The molecule has 1 aliphatic heterocycles. The Morgan fingerprint density at radius 3 is 2.79 bits per heavy atom. The van der Waals surface area contributed by atoms with Crippen molar-refractivity contribution in [3.05, 3.63) is 28.3 Å². The summed E-state index contributed by atoms with van der Waals surface area (Å²) < 4.78 is 0. The van der Waals surface area contributed by atoms with Gasteiger partial charge in [-0.15, -0.1) is 0 Å². The fourth-order valence-electron chi connectivity index (χ4n) is 2.43. The third-order valence-electron chi connectivity index (χ3n) is 3.56. The molecule has 19 heavy (non-hydrogen) atoms. The van der Waals surface area contributed by atoms with Crippen molar-refractivity contribution in [2.75, 3.05) is 23.7 Å². The molecule has 1 aromatic rings. The van der Waals surface area contributed by atoms with Crippen LogP contribution in [0.2, 0.25) is 0 Å². The Morgan fingerprint density at radius 2 is 2.11 bits per heavy atom. The average molecular weight is 265 g/mol. The SMILES string of the molecule is CC1(O)CCCN(c2cc(N)cc([N+](=O)[O-])c2)CC1. The molecule has 0 saturated carbocycles. The van der Waals surface area contributed by atoms with Gasteiger partial charge in [0.15, 0.2) is 0 Å². The van der Waals surface area contributed by atoms with Crippen molar-refractivity contribution in [3.63, 3.8) is 0 Å². The van der Waals surface area contributed by atoms with Crippen LogP contribution in [0.3, 0.4) is 0 Å². The molecule has 1 heterocycles. The van der Waals surface area contributed by atoms with E-state index in [1.54, 1.807) is 6.07 Å². The van der Waals surface area contributed by atoms with Crippen molar-refractivity contribution in [2.24, 2.45) is 0 Å². The number of rotatable bonds is 2. The lowest BCUT2D eigenvalue weighted by Gasteiger charge is -2.24. The number of anilines is 2. The van der Waals surface area contributed by atoms with E-state index >= 15 is 0 Å². The van der Waals surface area contributed by atoms with Gasteiger partial charge in [-0.2, -0.15) is 0 Å². The van der Waals surface area contributed by atoms with E-state index in [4.69, 9.17) is 5.73 Å². The Bertz CT molecular complexity index is 488. The predicted octanol–water partition coefficient (Wildman–Crippen LogP) is 1.92. The summed E-state index contributed by atoms with van der Waals surface area (Å²) in [6, 6.07) is 4.64. The maximum Gasteiger partial charge on any atom is 0.273 e. The third kappa shape index (κ3) is 3.35. The summed E-state index contributed by atoms with van der Waals surface area (Å²) in [7, 11) is 0. The van der Waals surface area contributed by atoms with Gasteiger partial charge in [-0.3, -0.25) is 10.1 Å². The molecule has 1 fully saturated rings. The molecule has 3 N–H and O–H groups in total. The largest absolute Gasteiger partial charge is 0.398 e. The lowest BCUT2D eigenvalue weighted by Crippen LogP contribution is -2.28. The summed E-state index contributed by atoms with van der Waals surface area (Å²) in [5.74, 6) is 0. The Morgan fingerprint density at radius 1 is 1.37 bits per heavy atom. The number of non-ortho nitro benzene ring substituents is 1. The van der Waals surface area contributed by atoms with Crippen molar-refractivity contribution in [2.45, 2.75) is 31.8 Å². The number of nitro groups is 1. The molecule has 0 bridgehead atoms. The van der Waals surface area contributed by atoms with Gasteiger partial charge in [0.05, 0.1) is 10.5 Å². The molecule has 0 aliphatic carbocycles. The second-order valence-corrected chi connectivity index (χ2v) is 5.38. The first-order valence-electron chi connectivity index (χ1n) is 6.40. The van der Waals surface area contributed by atoms with E-state index in [2.05, 4.69) is 0 Å². The van der Waals surface area contributed by atoms with Gasteiger partial charge in [-0.05, 0) is 32.3 Å². The minimum atomic E-state index is -0.652. The highest BCUT2D eigenvalue weighted by molar-refractivity contribution is 5.62. The maximum absolute atomic E-state index is 10.9. The average Bonchev–Trinajstić information content (AvgIpc) is 2.49. The van der Waals surface area contributed by atoms with Gasteiger partial charge in [0.1, 0.15) is 0 Å². The zero-order chi connectivity index (χ0) is 14.0. The van der Waals surface area contributed by atoms with Crippen LogP contribution in [0.4, 0.5) is 17.1 Å². The van der Waals surface area contributed by atoms with Gasteiger partial charge in [0.2, 0.25) is 0 Å².